The van der Waals surface area contributed by atoms with Crippen molar-refractivity contribution in [1.82, 2.24) is 4.90 Å². The molecule has 1 fully saturated rings. The third kappa shape index (κ3) is 5.07. The van der Waals surface area contributed by atoms with Crippen molar-refractivity contribution < 1.29 is 27.2 Å². The van der Waals surface area contributed by atoms with Crippen molar-refractivity contribution in [2.45, 2.75) is 31.3 Å². The Hall–Kier alpha value is -1.87. The van der Waals surface area contributed by atoms with E-state index in [0.717, 1.165) is 18.9 Å². The third-order valence-corrected chi connectivity index (χ3v) is 4.21. The number of carbonyl (C=O) groups is 2. The van der Waals surface area contributed by atoms with E-state index in [-0.39, 0.29) is 31.3 Å². The van der Waals surface area contributed by atoms with Crippen molar-refractivity contribution in [3.63, 3.8) is 0 Å². The Morgan fingerprint density at radius 1 is 1.39 bits per heavy atom. The van der Waals surface area contributed by atoms with Gasteiger partial charge in [0, 0.05) is 13.1 Å². The number of sulfonamides is 1. The fourth-order valence-electron chi connectivity index (χ4n) is 2.09. The molecule has 0 radical (unpaired) electrons. The number of nitrogens with two attached hydrogens (primary N) is 1. The fourth-order valence-corrected chi connectivity index (χ4v) is 2.55. The largest absolute Gasteiger partial charge is 0.466 e. The minimum absolute atomic E-state index is 0.0784. The predicted molar refractivity (Wildman–Crippen MR) is 80.0 cm³/mol. The Balaban J connectivity index is 2.06. The van der Waals surface area contributed by atoms with Gasteiger partial charge in [-0.05, 0) is 37.8 Å². The van der Waals surface area contributed by atoms with Crippen molar-refractivity contribution in [1.29, 1.82) is 0 Å². The fraction of sp³-hybridized carbons (Fsp3) is 0.571. The van der Waals surface area contributed by atoms with Crippen LogP contribution in [0.3, 0.4) is 0 Å². The van der Waals surface area contributed by atoms with Crippen LogP contribution in [0.25, 0.3) is 0 Å². The summed E-state index contributed by atoms with van der Waals surface area (Å²) in [6.07, 6.45) is 2.14. The van der Waals surface area contributed by atoms with Gasteiger partial charge in [0.05, 0.1) is 13.0 Å². The molecular weight excluding hydrogens is 324 g/mol. The number of rotatable bonds is 8. The van der Waals surface area contributed by atoms with Crippen LogP contribution in [0, 0.1) is 5.92 Å². The predicted octanol–water partition coefficient (Wildman–Crippen LogP) is 0.732. The molecule has 0 atom stereocenters. The molecule has 1 amide bonds. The highest BCUT2D eigenvalue weighted by Crippen LogP contribution is 2.30. The van der Waals surface area contributed by atoms with Crippen LogP contribution >= 0.6 is 0 Å². The molecule has 1 aromatic heterocycles. The first kappa shape index (κ1) is 17.5. The second kappa shape index (κ2) is 7.14. The summed E-state index contributed by atoms with van der Waals surface area (Å²) in [5, 5.41) is 4.50. The van der Waals surface area contributed by atoms with Gasteiger partial charge in [0.25, 0.3) is 15.9 Å². The van der Waals surface area contributed by atoms with Crippen LogP contribution in [0.4, 0.5) is 0 Å². The summed E-state index contributed by atoms with van der Waals surface area (Å²) in [6, 6.07) is 2.41. The molecule has 0 aromatic carbocycles. The van der Waals surface area contributed by atoms with Gasteiger partial charge in [-0.1, -0.05) is 0 Å². The number of hydrogen-bond acceptors (Lipinski definition) is 6. The molecule has 1 saturated carbocycles. The van der Waals surface area contributed by atoms with E-state index in [1.165, 1.54) is 11.0 Å². The topological polar surface area (TPSA) is 120 Å². The first-order valence-corrected chi connectivity index (χ1v) is 8.93. The number of esters is 1. The van der Waals surface area contributed by atoms with Crippen molar-refractivity contribution in [2.75, 3.05) is 19.7 Å². The molecule has 1 aliphatic rings. The Morgan fingerprint density at radius 2 is 2.09 bits per heavy atom. The van der Waals surface area contributed by atoms with Gasteiger partial charge < -0.3 is 14.1 Å². The molecule has 0 saturated heterocycles. The number of amides is 1. The molecule has 1 heterocycles. The van der Waals surface area contributed by atoms with E-state index >= 15 is 0 Å². The second-order valence-corrected chi connectivity index (χ2v) is 6.91. The van der Waals surface area contributed by atoms with Crippen molar-refractivity contribution in [2.24, 2.45) is 11.1 Å². The van der Waals surface area contributed by atoms with Crippen molar-refractivity contribution in [3.05, 3.63) is 17.9 Å². The van der Waals surface area contributed by atoms with E-state index in [0.29, 0.717) is 12.5 Å². The maximum Gasteiger partial charge on any atom is 0.307 e. The number of nitrogens with zero attached hydrogens (tertiary/aromatic N) is 1. The Kier molecular flexibility index (Phi) is 5.42. The minimum Gasteiger partial charge on any atom is -0.466 e. The average Bonchev–Trinajstić information content (AvgIpc) is 3.13. The van der Waals surface area contributed by atoms with Gasteiger partial charge in [-0.3, -0.25) is 9.59 Å². The first-order chi connectivity index (χ1) is 10.8. The highest BCUT2D eigenvalue weighted by atomic mass is 32.2. The third-order valence-electron chi connectivity index (χ3n) is 3.43. The number of furan rings is 1. The molecule has 128 valence electrons. The Bertz CT molecular complexity index is 677. The van der Waals surface area contributed by atoms with E-state index in [2.05, 4.69) is 0 Å². The van der Waals surface area contributed by atoms with Crippen LogP contribution in [0.2, 0.25) is 0 Å². The standard InChI is InChI=1S/C14H20N2O6S/c1-2-21-12(17)7-8-16(9-10-3-4-10)14(18)11-5-6-13(22-11)23(15,19)20/h5-6,10H,2-4,7-9H2,1H3,(H2,15,19,20). The Labute approximate surface area is 134 Å². The highest BCUT2D eigenvalue weighted by Gasteiger charge is 2.29. The van der Waals surface area contributed by atoms with Gasteiger partial charge in [-0.2, -0.15) is 0 Å². The SMILES string of the molecule is CCOC(=O)CCN(CC1CC1)C(=O)c1ccc(S(N)(=O)=O)o1. The van der Waals surface area contributed by atoms with Gasteiger partial charge in [-0.25, -0.2) is 13.6 Å². The van der Waals surface area contributed by atoms with Crippen LogP contribution in [0.15, 0.2) is 21.6 Å². The van der Waals surface area contributed by atoms with Crippen LogP contribution in [-0.4, -0.2) is 44.9 Å². The molecule has 0 unspecified atom stereocenters. The molecule has 1 aliphatic carbocycles. The van der Waals surface area contributed by atoms with Crippen LogP contribution in [-0.2, 0) is 19.6 Å². The maximum atomic E-state index is 12.5. The number of ether oxygens (including phenoxy) is 1. The molecule has 0 bridgehead atoms. The summed E-state index contributed by atoms with van der Waals surface area (Å²) in [5.41, 5.74) is 0. The number of carbonyl (C=O) groups excluding carboxylic acids is 2. The van der Waals surface area contributed by atoms with Gasteiger partial charge >= 0.3 is 5.97 Å². The van der Waals surface area contributed by atoms with E-state index in [1.54, 1.807) is 6.92 Å². The molecule has 0 aliphatic heterocycles. The van der Waals surface area contributed by atoms with Gasteiger partial charge in [-0.15, -0.1) is 0 Å². The van der Waals surface area contributed by atoms with Crippen molar-refractivity contribution in [3.8, 4) is 0 Å². The second-order valence-electron chi connectivity index (χ2n) is 5.41. The lowest BCUT2D eigenvalue weighted by Crippen LogP contribution is -2.34. The van der Waals surface area contributed by atoms with Crippen LogP contribution < -0.4 is 5.14 Å². The molecule has 23 heavy (non-hydrogen) atoms. The quantitative estimate of drug-likeness (QED) is 0.694. The summed E-state index contributed by atoms with van der Waals surface area (Å²) in [4.78, 5) is 25.4. The van der Waals surface area contributed by atoms with Crippen molar-refractivity contribution >= 4 is 21.9 Å². The monoisotopic (exact) mass is 344 g/mol. The highest BCUT2D eigenvalue weighted by molar-refractivity contribution is 7.89. The molecule has 2 rings (SSSR count). The summed E-state index contributed by atoms with van der Waals surface area (Å²) in [6.45, 7) is 2.69. The smallest absolute Gasteiger partial charge is 0.307 e. The summed E-state index contributed by atoms with van der Waals surface area (Å²) >= 11 is 0. The van der Waals surface area contributed by atoms with E-state index in [4.69, 9.17) is 14.3 Å². The van der Waals surface area contributed by atoms with Crippen LogP contribution in [0.5, 0.6) is 0 Å². The summed E-state index contributed by atoms with van der Waals surface area (Å²) < 4.78 is 32.3. The summed E-state index contributed by atoms with van der Waals surface area (Å²) in [5.74, 6) is -0.547. The van der Waals surface area contributed by atoms with Crippen LogP contribution in [0.1, 0.15) is 36.7 Å². The zero-order valence-electron chi connectivity index (χ0n) is 12.9. The number of hydrogen-bond donors (Lipinski definition) is 1. The molecule has 9 heteroatoms. The lowest BCUT2D eigenvalue weighted by atomic mass is 10.3. The number of primary sulfonamides is 1. The Morgan fingerprint density at radius 3 is 2.61 bits per heavy atom. The minimum atomic E-state index is -4.00. The van der Waals surface area contributed by atoms with Gasteiger partial charge in [0.1, 0.15) is 0 Å². The maximum absolute atomic E-state index is 12.5. The van der Waals surface area contributed by atoms with E-state index < -0.39 is 21.0 Å². The van der Waals surface area contributed by atoms with Gasteiger partial charge in [0.15, 0.2) is 5.76 Å². The lowest BCUT2D eigenvalue weighted by molar-refractivity contribution is -0.143. The zero-order valence-corrected chi connectivity index (χ0v) is 13.7. The average molecular weight is 344 g/mol. The molecular formula is C14H20N2O6S. The molecule has 2 N–H and O–H groups in total. The van der Waals surface area contributed by atoms with E-state index in [1.807, 2.05) is 0 Å². The normalized spacial score (nSPS) is 14.5. The molecule has 1 aromatic rings. The zero-order chi connectivity index (χ0) is 17.0. The van der Waals surface area contributed by atoms with E-state index in [9.17, 15) is 18.0 Å². The molecule has 0 spiro atoms. The molecule has 8 nitrogen and oxygen atoms in total. The van der Waals surface area contributed by atoms with Gasteiger partial charge in [0.2, 0.25) is 5.09 Å². The summed E-state index contributed by atoms with van der Waals surface area (Å²) in [7, 11) is -4.00. The lowest BCUT2D eigenvalue weighted by Gasteiger charge is -2.21. The first-order valence-electron chi connectivity index (χ1n) is 7.38.